The topological polar surface area (TPSA) is 60.2 Å². The highest BCUT2D eigenvalue weighted by Crippen LogP contribution is 2.26. The second kappa shape index (κ2) is 6.16. The fourth-order valence-corrected chi connectivity index (χ4v) is 1.64. The van der Waals surface area contributed by atoms with Gasteiger partial charge < -0.3 is 14.6 Å². The third-order valence-corrected chi connectivity index (χ3v) is 2.52. The normalized spacial score (nSPS) is 10.6. The maximum atomic E-state index is 5.27. The van der Waals surface area contributed by atoms with Crippen molar-refractivity contribution in [1.29, 1.82) is 0 Å². The molecule has 0 aliphatic carbocycles. The molecule has 5 heteroatoms. The SMILES string of the molecule is CCCNCc1nc(-c2ccccc2OC)no1. The number of aromatic nitrogens is 2. The molecule has 1 heterocycles. The van der Waals surface area contributed by atoms with Gasteiger partial charge in [-0.15, -0.1) is 0 Å². The van der Waals surface area contributed by atoms with E-state index in [1.165, 1.54) is 0 Å². The molecule has 18 heavy (non-hydrogen) atoms. The highest BCUT2D eigenvalue weighted by molar-refractivity contribution is 5.63. The van der Waals surface area contributed by atoms with Crippen LogP contribution in [-0.4, -0.2) is 23.8 Å². The first-order valence-electron chi connectivity index (χ1n) is 6.02. The fourth-order valence-electron chi connectivity index (χ4n) is 1.64. The second-order valence-electron chi connectivity index (χ2n) is 3.89. The lowest BCUT2D eigenvalue weighted by Gasteiger charge is -2.03. The lowest BCUT2D eigenvalue weighted by atomic mass is 10.2. The first-order chi connectivity index (χ1) is 8.85. The molecule has 0 saturated heterocycles. The average molecular weight is 247 g/mol. The molecule has 0 saturated carbocycles. The number of para-hydroxylation sites is 1. The van der Waals surface area contributed by atoms with Crippen LogP contribution in [0.5, 0.6) is 5.75 Å². The van der Waals surface area contributed by atoms with E-state index in [2.05, 4.69) is 22.4 Å². The van der Waals surface area contributed by atoms with Crippen LogP contribution in [-0.2, 0) is 6.54 Å². The van der Waals surface area contributed by atoms with Gasteiger partial charge >= 0.3 is 0 Å². The van der Waals surface area contributed by atoms with Crippen molar-refractivity contribution in [2.24, 2.45) is 0 Å². The highest BCUT2D eigenvalue weighted by atomic mass is 16.5. The highest BCUT2D eigenvalue weighted by Gasteiger charge is 2.12. The maximum absolute atomic E-state index is 5.27. The molecule has 2 rings (SSSR count). The molecular formula is C13H17N3O2. The lowest BCUT2D eigenvalue weighted by Crippen LogP contribution is -2.13. The van der Waals surface area contributed by atoms with Crippen molar-refractivity contribution in [2.45, 2.75) is 19.9 Å². The molecule has 0 bridgehead atoms. The summed E-state index contributed by atoms with van der Waals surface area (Å²) in [5, 5.41) is 7.18. The van der Waals surface area contributed by atoms with Gasteiger partial charge in [-0.25, -0.2) is 0 Å². The van der Waals surface area contributed by atoms with Gasteiger partial charge in [0.05, 0.1) is 19.2 Å². The van der Waals surface area contributed by atoms with Gasteiger partial charge in [0.2, 0.25) is 11.7 Å². The minimum absolute atomic E-state index is 0.556. The first-order valence-corrected chi connectivity index (χ1v) is 6.02. The third-order valence-electron chi connectivity index (χ3n) is 2.52. The van der Waals surface area contributed by atoms with E-state index in [1.807, 2.05) is 24.3 Å². The Bertz CT molecular complexity index is 496. The quantitative estimate of drug-likeness (QED) is 0.793. The molecule has 1 aromatic heterocycles. The van der Waals surface area contributed by atoms with Crippen LogP contribution in [0.25, 0.3) is 11.4 Å². The Balaban J connectivity index is 2.13. The number of rotatable bonds is 6. The molecule has 0 fully saturated rings. The Labute approximate surface area is 106 Å². The van der Waals surface area contributed by atoms with Crippen LogP contribution in [0.3, 0.4) is 0 Å². The summed E-state index contributed by atoms with van der Waals surface area (Å²) in [6, 6.07) is 7.61. The van der Waals surface area contributed by atoms with Crippen LogP contribution in [0.2, 0.25) is 0 Å². The summed E-state index contributed by atoms with van der Waals surface area (Å²) >= 11 is 0. The summed E-state index contributed by atoms with van der Waals surface area (Å²) in [5.41, 5.74) is 0.838. The van der Waals surface area contributed by atoms with E-state index in [1.54, 1.807) is 7.11 Å². The van der Waals surface area contributed by atoms with E-state index in [-0.39, 0.29) is 0 Å². The zero-order valence-corrected chi connectivity index (χ0v) is 10.6. The molecule has 0 amide bonds. The summed E-state index contributed by atoms with van der Waals surface area (Å²) in [7, 11) is 1.63. The van der Waals surface area contributed by atoms with E-state index < -0.39 is 0 Å². The zero-order chi connectivity index (χ0) is 12.8. The number of benzene rings is 1. The molecular weight excluding hydrogens is 230 g/mol. The fraction of sp³-hybridized carbons (Fsp3) is 0.385. The molecule has 0 radical (unpaired) electrons. The second-order valence-corrected chi connectivity index (χ2v) is 3.89. The Morgan fingerprint density at radius 3 is 2.94 bits per heavy atom. The van der Waals surface area contributed by atoms with E-state index in [0.29, 0.717) is 18.3 Å². The van der Waals surface area contributed by atoms with E-state index >= 15 is 0 Å². The molecule has 96 valence electrons. The molecule has 5 nitrogen and oxygen atoms in total. The van der Waals surface area contributed by atoms with Crippen LogP contribution in [0, 0.1) is 0 Å². The number of hydrogen-bond acceptors (Lipinski definition) is 5. The van der Waals surface area contributed by atoms with Crippen molar-refractivity contribution in [3.05, 3.63) is 30.2 Å². The number of nitrogens with zero attached hydrogens (tertiary/aromatic N) is 2. The molecule has 1 aromatic carbocycles. The van der Waals surface area contributed by atoms with Crippen LogP contribution in [0.15, 0.2) is 28.8 Å². The van der Waals surface area contributed by atoms with Gasteiger partial charge in [-0.2, -0.15) is 4.98 Å². The van der Waals surface area contributed by atoms with Crippen molar-refractivity contribution in [2.75, 3.05) is 13.7 Å². The number of nitrogens with one attached hydrogen (secondary N) is 1. The summed E-state index contributed by atoms with van der Waals surface area (Å²) < 4.78 is 10.5. The Morgan fingerprint density at radius 2 is 2.17 bits per heavy atom. The van der Waals surface area contributed by atoms with Gasteiger partial charge in [0.25, 0.3) is 0 Å². The van der Waals surface area contributed by atoms with Crippen LogP contribution in [0.1, 0.15) is 19.2 Å². The Kier molecular flexibility index (Phi) is 4.30. The predicted octanol–water partition coefficient (Wildman–Crippen LogP) is 2.24. The first kappa shape index (κ1) is 12.6. The molecule has 0 unspecified atom stereocenters. The monoisotopic (exact) mass is 247 g/mol. The van der Waals surface area contributed by atoms with Crippen molar-refractivity contribution in [3.8, 4) is 17.1 Å². The van der Waals surface area contributed by atoms with E-state index in [0.717, 1.165) is 24.3 Å². The van der Waals surface area contributed by atoms with Gasteiger partial charge in [0.15, 0.2) is 0 Å². The van der Waals surface area contributed by atoms with Gasteiger partial charge in [0, 0.05) is 0 Å². The molecule has 0 atom stereocenters. The molecule has 0 spiro atoms. The van der Waals surface area contributed by atoms with Crippen LogP contribution >= 0.6 is 0 Å². The summed E-state index contributed by atoms with van der Waals surface area (Å²) in [4.78, 5) is 4.34. The minimum Gasteiger partial charge on any atom is -0.496 e. The van der Waals surface area contributed by atoms with Crippen molar-refractivity contribution >= 4 is 0 Å². The van der Waals surface area contributed by atoms with Crippen molar-refractivity contribution in [3.63, 3.8) is 0 Å². The molecule has 1 N–H and O–H groups in total. The Morgan fingerprint density at radius 1 is 1.33 bits per heavy atom. The number of ether oxygens (including phenoxy) is 1. The van der Waals surface area contributed by atoms with Gasteiger partial charge in [-0.3, -0.25) is 0 Å². The summed E-state index contributed by atoms with van der Waals surface area (Å²) in [5.74, 6) is 1.89. The minimum atomic E-state index is 0.556. The Hall–Kier alpha value is -1.88. The van der Waals surface area contributed by atoms with Crippen LogP contribution in [0.4, 0.5) is 0 Å². The standard InChI is InChI=1S/C13H17N3O2/c1-3-8-14-9-12-15-13(16-18-12)10-6-4-5-7-11(10)17-2/h4-7,14H,3,8-9H2,1-2H3. The van der Waals surface area contributed by atoms with Crippen molar-refractivity contribution < 1.29 is 9.26 Å². The summed E-state index contributed by atoms with van der Waals surface area (Å²) in [6.45, 7) is 3.64. The van der Waals surface area contributed by atoms with E-state index in [4.69, 9.17) is 9.26 Å². The maximum Gasteiger partial charge on any atom is 0.240 e. The molecule has 0 aliphatic heterocycles. The third kappa shape index (κ3) is 2.87. The largest absolute Gasteiger partial charge is 0.496 e. The van der Waals surface area contributed by atoms with E-state index in [9.17, 15) is 0 Å². The van der Waals surface area contributed by atoms with Gasteiger partial charge in [-0.05, 0) is 25.1 Å². The zero-order valence-electron chi connectivity index (χ0n) is 10.6. The summed E-state index contributed by atoms with van der Waals surface area (Å²) in [6.07, 6.45) is 1.08. The number of hydrogen-bond donors (Lipinski definition) is 1. The molecule has 0 aliphatic rings. The number of methoxy groups -OCH3 is 1. The predicted molar refractivity (Wildman–Crippen MR) is 68.3 cm³/mol. The van der Waals surface area contributed by atoms with Gasteiger partial charge in [0.1, 0.15) is 5.75 Å². The van der Waals surface area contributed by atoms with Gasteiger partial charge in [-0.1, -0.05) is 24.2 Å². The molecule has 2 aromatic rings. The lowest BCUT2D eigenvalue weighted by molar-refractivity contribution is 0.367. The van der Waals surface area contributed by atoms with Crippen LogP contribution < -0.4 is 10.1 Å². The smallest absolute Gasteiger partial charge is 0.240 e. The van der Waals surface area contributed by atoms with Crippen molar-refractivity contribution in [1.82, 2.24) is 15.5 Å². The average Bonchev–Trinajstić information content (AvgIpc) is 2.88.